The molecule has 1 aliphatic carbocycles. The molecule has 1 fully saturated rings. The van der Waals surface area contributed by atoms with Crippen molar-refractivity contribution in [1.29, 1.82) is 0 Å². The van der Waals surface area contributed by atoms with Crippen molar-refractivity contribution in [3.63, 3.8) is 0 Å². The number of alkyl halides is 3. The Morgan fingerprint density at radius 3 is 2.74 bits per heavy atom. The predicted molar refractivity (Wildman–Crippen MR) is 70.1 cm³/mol. The molecule has 2 rings (SSSR count). The van der Waals surface area contributed by atoms with Crippen LogP contribution in [-0.4, -0.2) is 40.1 Å². The summed E-state index contributed by atoms with van der Waals surface area (Å²) in [6.07, 6.45) is -3.82. The number of hydrogen-bond donors (Lipinski definition) is 2. The molecule has 1 aromatic heterocycles. The van der Waals surface area contributed by atoms with Crippen LogP contribution in [0.1, 0.15) is 31.2 Å². The SMILES string of the molecule is O=C(O)CCOC1CCCC1Oc1cn[nH]c(=O)c1C(F)(F)F. The van der Waals surface area contributed by atoms with Crippen LogP contribution in [0.15, 0.2) is 11.0 Å². The smallest absolute Gasteiger partial charge is 0.425 e. The fourth-order valence-corrected chi connectivity index (χ4v) is 2.42. The highest BCUT2D eigenvalue weighted by Crippen LogP contribution is 2.35. The molecule has 1 saturated carbocycles. The minimum absolute atomic E-state index is 0.0559. The van der Waals surface area contributed by atoms with Crippen LogP contribution in [0.3, 0.4) is 0 Å². The molecule has 1 aliphatic rings. The minimum atomic E-state index is -4.87. The predicted octanol–water partition coefficient (Wildman–Crippen LogP) is 1.58. The van der Waals surface area contributed by atoms with Crippen molar-refractivity contribution in [3.05, 3.63) is 22.1 Å². The Kier molecular flexibility index (Phi) is 5.24. The number of nitrogens with zero attached hydrogens (tertiary/aromatic N) is 1. The maximum absolute atomic E-state index is 12.9. The summed E-state index contributed by atoms with van der Waals surface area (Å²) in [5.41, 5.74) is -2.82. The van der Waals surface area contributed by atoms with Crippen LogP contribution in [0.4, 0.5) is 13.2 Å². The van der Waals surface area contributed by atoms with Crippen LogP contribution in [0.25, 0.3) is 0 Å². The summed E-state index contributed by atoms with van der Waals surface area (Å²) >= 11 is 0. The van der Waals surface area contributed by atoms with Gasteiger partial charge in [-0.2, -0.15) is 18.3 Å². The Balaban J connectivity index is 2.11. The molecule has 23 heavy (non-hydrogen) atoms. The van der Waals surface area contributed by atoms with Gasteiger partial charge in [-0.1, -0.05) is 0 Å². The van der Waals surface area contributed by atoms with E-state index in [4.69, 9.17) is 14.6 Å². The summed E-state index contributed by atoms with van der Waals surface area (Å²) in [5.74, 6) is -1.68. The van der Waals surface area contributed by atoms with Gasteiger partial charge in [-0.15, -0.1) is 0 Å². The zero-order chi connectivity index (χ0) is 17.0. The summed E-state index contributed by atoms with van der Waals surface area (Å²) in [6.45, 7) is -0.0559. The van der Waals surface area contributed by atoms with E-state index >= 15 is 0 Å². The van der Waals surface area contributed by atoms with Gasteiger partial charge in [0, 0.05) is 0 Å². The molecule has 1 heterocycles. The molecule has 0 saturated heterocycles. The van der Waals surface area contributed by atoms with Gasteiger partial charge in [0.15, 0.2) is 11.3 Å². The Labute approximate surface area is 128 Å². The zero-order valence-electron chi connectivity index (χ0n) is 11.9. The van der Waals surface area contributed by atoms with Crippen LogP contribution in [-0.2, 0) is 15.7 Å². The minimum Gasteiger partial charge on any atom is -0.485 e. The zero-order valence-corrected chi connectivity index (χ0v) is 11.9. The average Bonchev–Trinajstić information content (AvgIpc) is 2.84. The van der Waals surface area contributed by atoms with Gasteiger partial charge < -0.3 is 14.6 Å². The molecule has 0 bridgehead atoms. The van der Waals surface area contributed by atoms with Crippen molar-refractivity contribution in [2.75, 3.05) is 6.61 Å². The van der Waals surface area contributed by atoms with E-state index in [2.05, 4.69) is 5.10 Å². The largest absolute Gasteiger partial charge is 0.485 e. The molecule has 128 valence electrons. The van der Waals surface area contributed by atoms with E-state index in [1.807, 2.05) is 0 Å². The number of H-pyrrole nitrogens is 1. The van der Waals surface area contributed by atoms with E-state index in [1.165, 1.54) is 0 Å². The van der Waals surface area contributed by atoms with Gasteiger partial charge in [0.1, 0.15) is 6.10 Å². The number of aromatic amines is 1. The molecule has 2 unspecified atom stereocenters. The first-order valence-corrected chi connectivity index (χ1v) is 6.94. The normalized spacial score (nSPS) is 21.3. The molecule has 1 aromatic rings. The Hall–Kier alpha value is -2.10. The van der Waals surface area contributed by atoms with E-state index in [-0.39, 0.29) is 13.0 Å². The van der Waals surface area contributed by atoms with E-state index in [9.17, 15) is 22.8 Å². The number of aromatic nitrogens is 2. The van der Waals surface area contributed by atoms with Gasteiger partial charge in [-0.25, -0.2) is 5.10 Å². The Morgan fingerprint density at radius 1 is 1.39 bits per heavy atom. The van der Waals surface area contributed by atoms with E-state index in [1.54, 1.807) is 5.10 Å². The van der Waals surface area contributed by atoms with Crippen LogP contribution >= 0.6 is 0 Å². The molecule has 0 aliphatic heterocycles. The third kappa shape index (κ3) is 4.44. The summed E-state index contributed by atoms with van der Waals surface area (Å²) in [5, 5.41) is 13.6. The molecular weight excluding hydrogens is 321 g/mol. The summed E-state index contributed by atoms with van der Waals surface area (Å²) in [4.78, 5) is 21.8. The van der Waals surface area contributed by atoms with E-state index in [0.29, 0.717) is 19.3 Å². The van der Waals surface area contributed by atoms with E-state index in [0.717, 1.165) is 6.20 Å². The molecule has 0 amide bonds. The lowest BCUT2D eigenvalue weighted by Gasteiger charge is -2.22. The van der Waals surface area contributed by atoms with Gasteiger partial charge in [-0.05, 0) is 19.3 Å². The lowest BCUT2D eigenvalue weighted by Crippen LogP contribution is -2.32. The fourth-order valence-electron chi connectivity index (χ4n) is 2.42. The molecule has 0 radical (unpaired) electrons. The van der Waals surface area contributed by atoms with Gasteiger partial charge in [0.2, 0.25) is 0 Å². The van der Waals surface area contributed by atoms with Crippen molar-refractivity contribution in [2.45, 2.75) is 44.1 Å². The number of nitrogens with one attached hydrogen (secondary N) is 1. The van der Waals surface area contributed by atoms with Crippen molar-refractivity contribution in [1.82, 2.24) is 10.2 Å². The van der Waals surface area contributed by atoms with Gasteiger partial charge in [-0.3, -0.25) is 9.59 Å². The number of carboxylic acids is 1. The second kappa shape index (κ2) is 6.99. The van der Waals surface area contributed by atoms with Crippen molar-refractivity contribution in [3.8, 4) is 5.75 Å². The van der Waals surface area contributed by atoms with Crippen LogP contribution in [0.2, 0.25) is 0 Å². The maximum Gasteiger partial charge on any atom is 0.425 e. The van der Waals surface area contributed by atoms with Gasteiger partial charge >= 0.3 is 12.1 Å². The molecule has 0 spiro atoms. The molecule has 2 atom stereocenters. The average molecular weight is 336 g/mol. The van der Waals surface area contributed by atoms with Crippen LogP contribution in [0, 0.1) is 0 Å². The molecule has 7 nitrogen and oxygen atoms in total. The van der Waals surface area contributed by atoms with Gasteiger partial charge in [0.05, 0.1) is 25.3 Å². The number of rotatable bonds is 6. The van der Waals surface area contributed by atoms with Crippen molar-refractivity contribution >= 4 is 5.97 Å². The number of hydrogen-bond acceptors (Lipinski definition) is 5. The second-order valence-electron chi connectivity index (χ2n) is 5.08. The highest BCUT2D eigenvalue weighted by atomic mass is 19.4. The molecule has 10 heteroatoms. The van der Waals surface area contributed by atoms with Crippen LogP contribution < -0.4 is 10.3 Å². The third-order valence-electron chi connectivity index (χ3n) is 3.42. The quantitative estimate of drug-likeness (QED) is 0.818. The van der Waals surface area contributed by atoms with Crippen molar-refractivity contribution in [2.24, 2.45) is 0 Å². The van der Waals surface area contributed by atoms with E-state index < -0.39 is 41.2 Å². The second-order valence-corrected chi connectivity index (χ2v) is 5.08. The summed E-state index contributed by atoms with van der Waals surface area (Å²) < 4.78 is 49.5. The first-order chi connectivity index (χ1) is 10.8. The first-order valence-electron chi connectivity index (χ1n) is 6.94. The molecule has 2 N–H and O–H groups in total. The molecule has 0 aromatic carbocycles. The summed E-state index contributed by atoms with van der Waals surface area (Å²) in [6, 6.07) is 0. The topological polar surface area (TPSA) is 102 Å². The van der Waals surface area contributed by atoms with Crippen LogP contribution in [0.5, 0.6) is 5.75 Å². The maximum atomic E-state index is 12.9. The number of aliphatic carboxylic acids is 1. The lowest BCUT2D eigenvalue weighted by atomic mass is 10.2. The molecular formula is C13H15F3N2O5. The monoisotopic (exact) mass is 336 g/mol. The number of carboxylic acid groups (broad SMARTS) is 1. The Morgan fingerprint density at radius 2 is 2.09 bits per heavy atom. The Bertz CT molecular complexity index is 616. The fraction of sp³-hybridized carbons (Fsp3) is 0.615. The highest BCUT2D eigenvalue weighted by Gasteiger charge is 2.40. The standard InChI is InChI=1S/C13H15F3N2O5/c14-13(15,16)11-9(6-17-18-12(11)21)23-8-3-1-2-7(8)22-5-4-10(19)20/h6-8H,1-5H2,(H,18,21)(H,19,20). The van der Waals surface area contributed by atoms with Crippen molar-refractivity contribution < 1.29 is 32.5 Å². The lowest BCUT2D eigenvalue weighted by molar-refractivity contribution is -0.142. The highest BCUT2D eigenvalue weighted by molar-refractivity contribution is 5.66. The number of halogens is 3. The number of carbonyl (C=O) groups is 1. The van der Waals surface area contributed by atoms with Gasteiger partial charge in [0.25, 0.3) is 5.56 Å². The number of ether oxygens (including phenoxy) is 2. The summed E-state index contributed by atoms with van der Waals surface area (Å²) in [7, 11) is 0. The third-order valence-corrected chi connectivity index (χ3v) is 3.42. The first kappa shape index (κ1) is 17.3.